The zero-order valence-electron chi connectivity index (χ0n) is 16.1. The molecule has 8 nitrogen and oxygen atoms in total. The molecule has 0 radical (unpaired) electrons. The van der Waals surface area contributed by atoms with E-state index < -0.39 is 37.4 Å². The maximum Gasteiger partial charge on any atom is 0.470 e. The molecule has 168 valence electrons. The van der Waals surface area contributed by atoms with Gasteiger partial charge in [-0.05, 0) is 30.2 Å². The molecular weight excluding hydrogens is 471 g/mol. The highest BCUT2D eigenvalue weighted by atomic mass is 35.5. The lowest BCUT2D eigenvalue weighted by Gasteiger charge is -2.27. The third-order valence-electron chi connectivity index (χ3n) is 4.85. The minimum absolute atomic E-state index is 0.249. The first-order chi connectivity index (χ1) is 14.7. The summed E-state index contributed by atoms with van der Waals surface area (Å²) in [7, 11) is -5.00. The fourth-order valence-electron chi connectivity index (χ4n) is 3.14. The van der Waals surface area contributed by atoms with Crippen LogP contribution in [0.15, 0.2) is 42.6 Å². The van der Waals surface area contributed by atoms with Gasteiger partial charge in [0.15, 0.2) is 4.84 Å². The first-order valence-corrected chi connectivity index (χ1v) is 11.8. The predicted octanol–water partition coefficient (Wildman–Crippen LogP) is 3.19. The summed E-state index contributed by atoms with van der Waals surface area (Å²) in [5, 5.41) is 5.48. The van der Waals surface area contributed by atoms with Crippen LogP contribution in [0.4, 0.5) is 4.39 Å². The quantitative estimate of drug-likeness (QED) is 0.314. The van der Waals surface area contributed by atoms with Crippen molar-refractivity contribution in [2.45, 2.75) is 29.4 Å². The third-order valence-corrected chi connectivity index (χ3v) is 5.75. The van der Waals surface area contributed by atoms with Gasteiger partial charge in [0.1, 0.15) is 12.8 Å². The van der Waals surface area contributed by atoms with Crippen molar-refractivity contribution in [3.05, 3.63) is 53.9 Å². The predicted molar refractivity (Wildman–Crippen MR) is 114 cm³/mol. The molecule has 1 fully saturated rings. The van der Waals surface area contributed by atoms with Gasteiger partial charge in [0.25, 0.3) is 5.91 Å². The molecule has 12 heteroatoms. The van der Waals surface area contributed by atoms with Crippen molar-refractivity contribution in [3.63, 3.8) is 0 Å². The second kappa shape index (κ2) is 10.4. The van der Waals surface area contributed by atoms with E-state index in [1.165, 1.54) is 12.1 Å². The molecule has 3 atom stereocenters. The fourth-order valence-corrected chi connectivity index (χ4v) is 3.83. The Bertz CT molecular complexity index is 939. The zero-order chi connectivity index (χ0) is 22.6. The first-order valence-electron chi connectivity index (χ1n) is 9.36. The molecule has 31 heavy (non-hydrogen) atoms. The molecule has 4 N–H and O–H groups in total. The number of hydrogen-bond donors (Lipinski definition) is 4. The van der Waals surface area contributed by atoms with Crippen LogP contribution in [0.25, 0.3) is 11.1 Å². The summed E-state index contributed by atoms with van der Waals surface area (Å²) < 4.78 is 29.8. The number of halogens is 3. The van der Waals surface area contributed by atoms with Crippen LogP contribution in [0.1, 0.15) is 29.8 Å². The van der Waals surface area contributed by atoms with Gasteiger partial charge in [0, 0.05) is 11.8 Å². The van der Waals surface area contributed by atoms with Gasteiger partial charge in [-0.25, -0.2) is 8.96 Å². The van der Waals surface area contributed by atoms with Crippen LogP contribution in [-0.2, 0) is 13.9 Å². The number of carbonyl (C=O) groups excluding carboxylic acids is 1. The monoisotopic (exact) mass is 491 g/mol. The molecule has 0 aliphatic carbocycles. The Morgan fingerprint density at radius 2 is 1.90 bits per heavy atom. The maximum atomic E-state index is 13.6. The van der Waals surface area contributed by atoms with Gasteiger partial charge >= 0.3 is 7.82 Å². The number of carbonyl (C=O) groups is 1. The highest BCUT2D eigenvalue weighted by Gasteiger charge is 2.33. The van der Waals surface area contributed by atoms with Crippen LogP contribution in [0.3, 0.4) is 0 Å². The Balaban J connectivity index is 1.82. The Kier molecular flexibility index (Phi) is 8.04. The molecule has 3 unspecified atom stereocenters. The molecule has 2 aromatic rings. The number of nitrogens with zero attached hydrogens (tertiary/aromatic N) is 1. The first kappa shape index (κ1) is 24.1. The van der Waals surface area contributed by atoms with Crippen LogP contribution >= 0.6 is 31.0 Å². The number of nitrogens with one attached hydrogen (secondary N) is 2. The molecule has 1 aliphatic heterocycles. The average Bonchev–Trinajstić information content (AvgIpc) is 2.69. The van der Waals surface area contributed by atoms with E-state index >= 15 is 0 Å². The Morgan fingerprint density at radius 3 is 2.35 bits per heavy atom. The van der Waals surface area contributed by atoms with Gasteiger partial charge in [0.2, 0.25) is 0 Å². The lowest BCUT2D eigenvalue weighted by molar-refractivity contribution is -0.121. The number of phosphoric ester groups is 1. The SMILES string of the molecule is O=C(NC(CF)C(OP(=O)(O)O)c1ccc(-c2ccc(C3CCN3)nc2)cc1)C(Cl)Cl. The zero-order valence-corrected chi connectivity index (χ0v) is 18.5. The molecule has 1 aromatic heterocycles. The van der Waals surface area contributed by atoms with Gasteiger partial charge in [-0.1, -0.05) is 53.5 Å². The Morgan fingerprint density at radius 1 is 1.26 bits per heavy atom. The number of alkyl halides is 3. The lowest BCUT2D eigenvalue weighted by Crippen LogP contribution is -2.43. The highest BCUT2D eigenvalue weighted by Crippen LogP contribution is 2.44. The van der Waals surface area contributed by atoms with Crippen molar-refractivity contribution in [3.8, 4) is 11.1 Å². The summed E-state index contributed by atoms with van der Waals surface area (Å²) >= 11 is 10.9. The summed E-state index contributed by atoms with van der Waals surface area (Å²) in [6, 6.07) is 9.15. The van der Waals surface area contributed by atoms with Gasteiger partial charge in [-0.3, -0.25) is 14.3 Å². The molecule has 1 aliphatic rings. The molecule has 1 saturated heterocycles. The number of amides is 1. The number of pyridine rings is 1. The van der Waals surface area contributed by atoms with Crippen LogP contribution in [0.2, 0.25) is 0 Å². The minimum Gasteiger partial charge on any atom is -0.345 e. The van der Waals surface area contributed by atoms with Crippen molar-refractivity contribution in [2.75, 3.05) is 13.2 Å². The van der Waals surface area contributed by atoms with Crippen molar-refractivity contribution in [1.29, 1.82) is 0 Å². The molecule has 1 amide bonds. The summed E-state index contributed by atoms with van der Waals surface area (Å²) in [5.74, 6) is -0.908. The minimum atomic E-state index is -5.00. The number of benzene rings is 1. The summed E-state index contributed by atoms with van der Waals surface area (Å²) in [4.78, 5) is 33.2. The summed E-state index contributed by atoms with van der Waals surface area (Å²) in [5.41, 5.74) is 2.84. The van der Waals surface area contributed by atoms with E-state index in [9.17, 15) is 23.5 Å². The van der Waals surface area contributed by atoms with Gasteiger partial charge in [-0.15, -0.1) is 0 Å². The molecule has 3 rings (SSSR count). The van der Waals surface area contributed by atoms with Crippen molar-refractivity contribution in [1.82, 2.24) is 15.6 Å². The lowest BCUT2D eigenvalue weighted by atomic mass is 9.98. The van der Waals surface area contributed by atoms with E-state index in [0.717, 1.165) is 29.8 Å². The normalized spacial score (nSPS) is 18.3. The number of hydrogen-bond acceptors (Lipinski definition) is 5. The molecule has 0 bridgehead atoms. The third kappa shape index (κ3) is 6.46. The number of aromatic nitrogens is 1. The fraction of sp³-hybridized carbons (Fsp3) is 0.368. The Labute approximate surface area is 188 Å². The van der Waals surface area contributed by atoms with E-state index in [2.05, 4.69) is 15.6 Å². The van der Waals surface area contributed by atoms with Gasteiger partial charge < -0.3 is 20.4 Å². The molecule has 0 saturated carbocycles. The van der Waals surface area contributed by atoms with Crippen LogP contribution in [0, 0.1) is 0 Å². The number of rotatable bonds is 9. The summed E-state index contributed by atoms with van der Waals surface area (Å²) in [6.07, 6.45) is 1.31. The smallest absolute Gasteiger partial charge is 0.345 e. The Hall–Kier alpha value is -1.58. The molecule has 2 heterocycles. The standard InChI is InChI=1S/C19H21Cl2FN3O5P/c20-18(21)19(26)25-16(9-22)17(30-31(27,28)29)12-3-1-11(2-4-12)13-5-6-14(24-10-13)15-7-8-23-15/h1-6,10,15-18,23H,7-9H2,(H,25,26)(H2,27,28,29). The van der Waals surface area contributed by atoms with E-state index in [1.54, 1.807) is 18.3 Å². The van der Waals surface area contributed by atoms with Crippen molar-refractivity contribution in [2.24, 2.45) is 0 Å². The van der Waals surface area contributed by atoms with E-state index in [-0.39, 0.29) is 11.6 Å². The van der Waals surface area contributed by atoms with Crippen LogP contribution in [-0.4, -0.2) is 44.8 Å². The van der Waals surface area contributed by atoms with Gasteiger partial charge in [-0.2, -0.15) is 0 Å². The maximum absolute atomic E-state index is 13.6. The van der Waals surface area contributed by atoms with Gasteiger partial charge in [0.05, 0.1) is 17.8 Å². The second-order valence-corrected chi connectivity index (χ2v) is 9.26. The van der Waals surface area contributed by atoms with Crippen LogP contribution < -0.4 is 10.6 Å². The molecule has 1 aromatic carbocycles. The van der Waals surface area contributed by atoms with E-state index in [1.807, 2.05) is 12.1 Å². The topological polar surface area (TPSA) is 121 Å². The summed E-state index contributed by atoms with van der Waals surface area (Å²) in [6.45, 7) is -0.191. The van der Waals surface area contributed by atoms with E-state index in [0.29, 0.717) is 0 Å². The van der Waals surface area contributed by atoms with Crippen molar-refractivity contribution < 1.29 is 28.1 Å². The largest absolute Gasteiger partial charge is 0.470 e. The van der Waals surface area contributed by atoms with Crippen molar-refractivity contribution >= 4 is 36.9 Å². The molecule has 0 spiro atoms. The van der Waals surface area contributed by atoms with E-state index in [4.69, 9.17) is 27.7 Å². The second-order valence-electron chi connectivity index (χ2n) is 6.98. The average molecular weight is 492 g/mol. The molecular formula is C19H21Cl2FN3O5P. The number of phosphoric acid groups is 1. The van der Waals surface area contributed by atoms with Crippen LogP contribution in [0.5, 0.6) is 0 Å². The highest BCUT2D eigenvalue weighted by molar-refractivity contribution is 7.46.